The molecule has 1 atom stereocenters. The van der Waals surface area contributed by atoms with Crippen molar-refractivity contribution in [1.82, 2.24) is 9.88 Å². The van der Waals surface area contributed by atoms with E-state index >= 15 is 0 Å². The van der Waals surface area contributed by atoms with E-state index in [2.05, 4.69) is 6.07 Å². The Balaban J connectivity index is 1.64. The van der Waals surface area contributed by atoms with Gasteiger partial charge in [-0.1, -0.05) is 18.2 Å². The lowest BCUT2D eigenvalue weighted by molar-refractivity contribution is 0.0735. The van der Waals surface area contributed by atoms with Gasteiger partial charge in [-0.15, -0.1) is 11.3 Å². The third kappa shape index (κ3) is 3.00. The summed E-state index contributed by atoms with van der Waals surface area (Å²) in [6.45, 7) is 0.797. The molecule has 2 heterocycles. The molecule has 2 aromatic carbocycles. The molecule has 4 rings (SSSR count). The van der Waals surface area contributed by atoms with Crippen LogP contribution < -0.4 is 4.90 Å². The second-order valence-corrected chi connectivity index (χ2v) is 7.68. The standard InChI is InChI=1S/C20H21N3OS/c1-22(2)15-8-5-7-14(13-15)20(24)23-12-6-10-17(23)19-21-16-9-3-4-11-18(16)25-19/h3-5,7-9,11,13,17H,6,10,12H2,1-2H3. The first-order chi connectivity index (χ1) is 12.1. The van der Waals surface area contributed by atoms with E-state index in [0.29, 0.717) is 0 Å². The first-order valence-electron chi connectivity index (χ1n) is 8.57. The van der Waals surface area contributed by atoms with Gasteiger partial charge in [0, 0.05) is 31.9 Å². The number of fused-ring (bicyclic) bond motifs is 1. The molecule has 0 bridgehead atoms. The molecular weight excluding hydrogens is 330 g/mol. The number of hydrogen-bond donors (Lipinski definition) is 0. The fourth-order valence-corrected chi connectivity index (χ4v) is 4.50. The van der Waals surface area contributed by atoms with Gasteiger partial charge in [0.2, 0.25) is 0 Å². The van der Waals surface area contributed by atoms with Crippen molar-refractivity contribution in [3.63, 3.8) is 0 Å². The van der Waals surface area contributed by atoms with Gasteiger partial charge in [-0.25, -0.2) is 4.98 Å². The van der Waals surface area contributed by atoms with Gasteiger partial charge in [0.05, 0.1) is 16.3 Å². The Morgan fingerprint density at radius 1 is 1.20 bits per heavy atom. The van der Waals surface area contributed by atoms with E-state index in [1.54, 1.807) is 11.3 Å². The number of carbonyl (C=O) groups is 1. The molecule has 1 aliphatic heterocycles. The molecule has 128 valence electrons. The Morgan fingerprint density at radius 2 is 2.04 bits per heavy atom. The number of nitrogens with zero attached hydrogens (tertiary/aromatic N) is 3. The van der Waals surface area contributed by atoms with Crippen LogP contribution in [0.5, 0.6) is 0 Å². The average molecular weight is 351 g/mol. The molecule has 0 spiro atoms. The van der Waals surface area contributed by atoms with E-state index in [1.807, 2.05) is 66.4 Å². The zero-order chi connectivity index (χ0) is 17.4. The third-order valence-corrected chi connectivity index (χ3v) is 5.86. The van der Waals surface area contributed by atoms with Crippen LogP contribution in [0.3, 0.4) is 0 Å². The van der Waals surface area contributed by atoms with Crippen LogP contribution in [-0.2, 0) is 0 Å². The van der Waals surface area contributed by atoms with Crippen LogP contribution in [0.1, 0.15) is 34.2 Å². The van der Waals surface area contributed by atoms with Gasteiger partial charge in [0.15, 0.2) is 0 Å². The van der Waals surface area contributed by atoms with Crippen molar-refractivity contribution in [1.29, 1.82) is 0 Å². The number of anilines is 1. The Labute approximate surface area is 151 Å². The molecule has 1 unspecified atom stereocenters. The highest BCUT2D eigenvalue weighted by Crippen LogP contribution is 2.37. The maximum absolute atomic E-state index is 13.1. The van der Waals surface area contributed by atoms with Crippen LogP contribution in [-0.4, -0.2) is 36.4 Å². The molecule has 0 aliphatic carbocycles. The number of benzene rings is 2. The van der Waals surface area contributed by atoms with Gasteiger partial charge in [-0.05, 0) is 43.2 Å². The summed E-state index contributed by atoms with van der Waals surface area (Å²) in [7, 11) is 3.98. The number of para-hydroxylation sites is 1. The highest BCUT2D eigenvalue weighted by atomic mass is 32.1. The summed E-state index contributed by atoms with van der Waals surface area (Å²) in [6.07, 6.45) is 2.01. The lowest BCUT2D eigenvalue weighted by Gasteiger charge is -2.24. The number of hydrogen-bond acceptors (Lipinski definition) is 4. The van der Waals surface area contributed by atoms with Crippen LogP contribution in [0.15, 0.2) is 48.5 Å². The zero-order valence-electron chi connectivity index (χ0n) is 14.5. The summed E-state index contributed by atoms with van der Waals surface area (Å²) >= 11 is 1.71. The van der Waals surface area contributed by atoms with Gasteiger partial charge in [0.1, 0.15) is 5.01 Å². The SMILES string of the molecule is CN(C)c1cccc(C(=O)N2CCCC2c2nc3ccccc3s2)c1. The fraction of sp³-hybridized carbons (Fsp3) is 0.300. The molecule has 0 radical (unpaired) electrons. The van der Waals surface area contributed by atoms with E-state index in [4.69, 9.17) is 4.98 Å². The number of thiazole rings is 1. The van der Waals surface area contributed by atoms with Crippen LogP contribution >= 0.6 is 11.3 Å². The topological polar surface area (TPSA) is 36.4 Å². The van der Waals surface area contributed by atoms with E-state index in [-0.39, 0.29) is 11.9 Å². The van der Waals surface area contributed by atoms with Crippen molar-refractivity contribution in [2.75, 3.05) is 25.5 Å². The first kappa shape index (κ1) is 16.1. The van der Waals surface area contributed by atoms with E-state index < -0.39 is 0 Å². The highest BCUT2D eigenvalue weighted by molar-refractivity contribution is 7.18. The minimum absolute atomic E-state index is 0.0907. The highest BCUT2D eigenvalue weighted by Gasteiger charge is 2.32. The van der Waals surface area contributed by atoms with Gasteiger partial charge in [-0.3, -0.25) is 4.79 Å². The molecule has 25 heavy (non-hydrogen) atoms. The largest absolute Gasteiger partial charge is 0.378 e. The lowest BCUT2D eigenvalue weighted by atomic mass is 10.1. The maximum Gasteiger partial charge on any atom is 0.254 e. The van der Waals surface area contributed by atoms with Crippen molar-refractivity contribution in [3.05, 3.63) is 59.1 Å². The number of carbonyl (C=O) groups excluding carboxylic acids is 1. The second kappa shape index (κ2) is 6.48. The van der Waals surface area contributed by atoms with Crippen LogP contribution in [0, 0.1) is 0 Å². The van der Waals surface area contributed by atoms with Crippen molar-refractivity contribution >= 4 is 33.1 Å². The van der Waals surface area contributed by atoms with Gasteiger partial charge >= 0.3 is 0 Å². The van der Waals surface area contributed by atoms with E-state index in [0.717, 1.165) is 41.2 Å². The molecule has 1 aromatic heterocycles. The quantitative estimate of drug-likeness (QED) is 0.704. The summed E-state index contributed by atoms with van der Waals surface area (Å²) < 4.78 is 1.19. The van der Waals surface area contributed by atoms with Crippen LogP contribution in [0.4, 0.5) is 5.69 Å². The third-order valence-electron chi connectivity index (χ3n) is 4.72. The molecular formula is C20H21N3OS. The summed E-state index contributed by atoms with van der Waals surface area (Å²) in [5, 5.41) is 1.05. The molecule has 0 saturated carbocycles. The normalized spacial score (nSPS) is 17.2. The Kier molecular flexibility index (Phi) is 4.17. The van der Waals surface area contributed by atoms with Crippen molar-refractivity contribution in [2.45, 2.75) is 18.9 Å². The predicted octanol–water partition coefficient (Wildman–Crippen LogP) is 4.34. The van der Waals surface area contributed by atoms with Gasteiger partial charge in [-0.2, -0.15) is 0 Å². The predicted molar refractivity (Wildman–Crippen MR) is 103 cm³/mol. The summed E-state index contributed by atoms with van der Waals surface area (Å²) in [5.74, 6) is 0.102. The zero-order valence-corrected chi connectivity index (χ0v) is 15.3. The summed E-state index contributed by atoms with van der Waals surface area (Å²) in [5.41, 5.74) is 2.82. The van der Waals surface area contributed by atoms with Gasteiger partial charge in [0.25, 0.3) is 5.91 Å². The molecule has 5 heteroatoms. The van der Waals surface area contributed by atoms with Crippen LogP contribution in [0.25, 0.3) is 10.2 Å². The number of aromatic nitrogens is 1. The van der Waals surface area contributed by atoms with Crippen molar-refractivity contribution < 1.29 is 4.79 Å². The monoisotopic (exact) mass is 351 g/mol. The number of amides is 1. The molecule has 1 amide bonds. The average Bonchev–Trinajstić information content (AvgIpc) is 3.27. The number of likely N-dealkylation sites (tertiary alicyclic amines) is 1. The Bertz CT molecular complexity index is 885. The second-order valence-electron chi connectivity index (χ2n) is 6.62. The van der Waals surface area contributed by atoms with Crippen molar-refractivity contribution in [2.24, 2.45) is 0 Å². The maximum atomic E-state index is 13.1. The lowest BCUT2D eigenvalue weighted by Crippen LogP contribution is -2.30. The first-order valence-corrected chi connectivity index (χ1v) is 9.39. The molecule has 0 N–H and O–H groups in total. The molecule has 1 fully saturated rings. The fourth-order valence-electron chi connectivity index (χ4n) is 3.38. The molecule has 1 saturated heterocycles. The minimum atomic E-state index is 0.0907. The molecule has 4 nitrogen and oxygen atoms in total. The Morgan fingerprint density at radius 3 is 2.84 bits per heavy atom. The van der Waals surface area contributed by atoms with E-state index in [1.165, 1.54) is 4.70 Å². The number of rotatable bonds is 3. The van der Waals surface area contributed by atoms with E-state index in [9.17, 15) is 4.79 Å². The smallest absolute Gasteiger partial charge is 0.254 e. The molecule has 3 aromatic rings. The Hall–Kier alpha value is -2.40. The summed E-state index contributed by atoms with van der Waals surface area (Å²) in [4.78, 5) is 21.9. The molecule has 1 aliphatic rings. The van der Waals surface area contributed by atoms with Gasteiger partial charge < -0.3 is 9.80 Å². The van der Waals surface area contributed by atoms with Crippen molar-refractivity contribution in [3.8, 4) is 0 Å². The van der Waals surface area contributed by atoms with Crippen LogP contribution in [0.2, 0.25) is 0 Å². The minimum Gasteiger partial charge on any atom is -0.378 e. The summed E-state index contributed by atoms with van der Waals surface area (Å²) in [6, 6.07) is 16.1.